The molecule has 0 amide bonds. The van der Waals surface area contributed by atoms with Crippen molar-refractivity contribution in [3.8, 4) is 11.5 Å². The highest BCUT2D eigenvalue weighted by Crippen LogP contribution is 2.35. The maximum atomic E-state index is 6.26. The molecule has 4 rings (SSSR count). The maximum absolute atomic E-state index is 6.26. The lowest BCUT2D eigenvalue weighted by atomic mass is 10.2. The largest absolute Gasteiger partial charge is 0.490 e. The highest BCUT2D eigenvalue weighted by molar-refractivity contribution is 6.31. The molecule has 1 fully saturated rings. The summed E-state index contributed by atoms with van der Waals surface area (Å²) in [6, 6.07) is 9.60. The van der Waals surface area contributed by atoms with E-state index in [2.05, 4.69) is 20.6 Å². The van der Waals surface area contributed by atoms with Crippen molar-refractivity contribution in [2.75, 3.05) is 38.2 Å². The molecule has 1 aliphatic rings. The van der Waals surface area contributed by atoms with Crippen molar-refractivity contribution in [2.45, 2.75) is 20.0 Å². The van der Waals surface area contributed by atoms with Crippen LogP contribution in [0.5, 0.6) is 11.5 Å². The Hall–Kier alpha value is -2.61. The van der Waals surface area contributed by atoms with Crippen molar-refractivity contribution < 1.29 is 14.2 Å². The Morgan fingerprint density at radius 2 is 2.07 bits per heavy atom. The van der Waals surface area contributed by atoms with E-state index in [1.54, 1.807) is 0 Å². The molecule has 1 aliphatic heterocycles. The van der Waals surface area contributed by atoms with Gasteiger partial charge in [-0.1, -0.05) is 17.7 Å². The van der Waals surface area contributed by atoms with E-state index in [1.165, 1.54) is 6.33 Å². The Morgan fingerprint density at radius 3 is 2.83 bits per heavy atom. The molecule has 0 radical (unpaired) electrons. The Morgan fingerprint density at radius 1 is 1.20 bits per heavy atom. The predicted octanol–water partition coefficient (Wildman–Crippen LogP) is 4.10. The van der Waals surface area contributed by atoms with Gasteiger partial charge in [0.1, 0.15) is 24.9 Å². The fourth-order valence-electron chi connectivity index (χ4n) is 3.26. The lowest BCUT2D eigenvalue weighted by molar-refractivity contribution is -0.000322. The van der Waals surface area contributed by atoms with Gasteiger partial charge in [-0.15, -0.1) is 0 Å². The number of aryl methyl sites for hydroxylation is 1. The van der Waals surface area contributed by atoms with Crippen LogP contribution in [0.3, 0.4) is 0 Å². The van der Waals surface area contributed by atoms with Crippen LogP contribution in [0.4, 0.5) is 11.5 Å². The number of benzene rings is 2. The van der Waals surface area contributed by atoms with E-state index in [-0.39, 0.29) is 6.10 Å². The number of morpholine rings is 1. The average molecular weight is 429 g/mol. The van der Waals surface area contributed by atoms with Gasteiger partial charge in [0.15, 0.2) is 11.5 Å². The van der Waals surface area contributed by atoms with Crippen LogP contribution in [0, 0.1) is 6.92 Å². The summed E-state index contributed by atoms with van der Waals surface area (Å²) in [6.45, 7) is 7.20. The molecular weight excluding hydrogens is 404 g/mol. The van der Waals surface area contributed by atoms with Gasteiger partial charge in [0.2, 0.25) is 0 Å². The van der Waals surface area contributed by atoms with Crippen LogP contribution in [-0.4, -0.2) is 49.0 Å². The van der Waals surface area contributed by atoms with E-state index in [4.69, 9.17) is 25.8 Å². The first-order valence-electron chi connectivity index (χ1n) is 10.0. The number of rotatable bonds is 7. The second kappa shape index (κ2) is 9.47. The standard InChI is InChI=1S/C22H25ClN4O3/c1-3-28-20-9-17-19(10-21(20)30-12-16-11-24-6-7-29-16)25-13-26-22(17)27-15-5-4-14(2)18(23)8-15/h4-5,8-10,13,16,24H,3,6-7,11-12H2,1-2H3,(H,25,26,27). The van der Waals surface area contributed by atoms with Gasteiger partial charge in [-0.05, 0) is 37.6 Å². The highest BCUT2D eigenvalue weighted by atomic mass is 35.5. The number of nitrogens with one attached hydrogen (secondary N) is 2. The van der Waals surface area contributed by atoms with E-state index >= 15 is 0 Å². The SMILES string of the molecule is CCOc1cc2c(Nc3ccc(C)c(Cl)c3)ncnc2cc1OCC1CNCCO1. The topological polar surface area (TPSA) is 77.5 Å². The summed E-state index contributed by atoms with van der Waals surface area (Å²) in [4.78, 5) is 8.83. The summed E-state index contributed by atoms with van der Waals surface area (Å²) >= 11 is 6.26. The zero-order valence-electron chi connectivity index (χ0n) is 17.1. The fraction of sp³-hybridized carbons (Fsp3) is 0.364. The van der Waals surface area contributed by atoms with Crippen molar-refractivity contribution in [3.63, 3.8) is 0 Å². The van der Waals surface area contributed by atoms with Gasteiger partial charge in [0.25, 0.3) is 0 Å². The molecule has 1 unspecified atom stereocenters. The molecule has 0 spiro atoms. The second-order valence-electron chi connectivity index (χ2n) is 7.07. The molecular formula is C22H25ClN4O3. The molecule has 0 aliphatic carbocycles. The van der Waals surface area contributed by atoms with E-state index < -0.39 is 0 Å². The molecule has 3 aromatic rings. The highest BCUT2D eigenvalue weighted by Gasteiger charge is 2.17. The Labute approximate surface area is 180 Å². The van der Waals surface area contributed by atoms with E-state index in [0.29, 0.717) is 42.2 Å². The van der Waals surface area contributed by atoms with Gasteiger partial charge in [0, 0.05) is 35.3 Å². The number of fused-ring (bicyclic) bond motifs is 1. The molecule has 158 valence electrons. The van der Waals surface area contributed by atoms with Gasteiger partial charge >= 0.3 is 0 Å². The van der Waals surface area contributed by atoms with Gasteiger partial charge < -0.3 is 24.8 Å². The summed E-state index contributed by atoms with van der Waals surface area (Å²) in [5.74, 6) is 1.96. The molecule has 30 heavy (non-hydrogen) atoms. The molecule has 1 aromatic heterocycles. The van der Waals surface area contributed by atoms with Gasteiger partial charge in [-0.3, -0.25) is 0 Å². The number of nitrogens with zero attached hydrogens (tertiary/aromatic N) is 2. The Bertz CT molecular complexity index is 1020. The minimum Gasteiger partial charge on any atom is -0.490 e. The van der Waals surface area contributed by atoms with Crippen LogP contribution >= 0.6 is 11.6 Å². The molecule has 2 heterocycles. The summed E-state index contributed by atoms with van der Waals surface area (Å²) in [7, 11) is 0. The number of anilines is 2. The maximum Gasteiger partial charge on any atom is 0.163 e. The van der Waals surface area contributed by atoms with Crippen molar-refractivity contribution in [1.82, 2.24) is 15.3 Å². The van der Waals surface area contributed by atoms with Crippen LogP contribution in [0.1, 0.15) is 12.5 Å². The number of hydrogen-bond donors (Lipinski definition) is 2. The Balaban J connectivity index is 1.62. The van der Waals surface area contributed by atoms with Crippen molar-refractivity contribution >= 4 is 34.0 Å². The fourth-order valence-corrected chi connectivity index (χ4v) is 3.44. The van der Waals surface area contributed by atoms with Gasteiger partial charge in [-0.2, -0.15) is 0 Å². The lowest BCUT2D eigenvalue weighted by Crippen LogP contribution is -2.41. The van der Waals surface area contributed by atoms with E-state index in [9.17, 15) is 0 Å². The van der Waals surface area contributed by atoms with Gasteiger partial charge in [-0.25, -0.2) is 9.97 Å². The van der Waals surface area contributed by atoms with E-state index in [0.717, 1.165) is 35.2 Å². The third-order valence-electron chi connectivity index (χ3n) is 4.86. The second-order valence-corrected chi connectivity index (χ2v) is 7.48. The third kappa shape index (κ3) is 4.75. The summed E-state index contributed by atoms with van der Waals surface area (Å²) in [6.07, 6.45) is 1.54. The van der Waals surface area contributed by atoms with Crippen LogP contribution < -0.4 is 20.1 Å². The van der Waals surface area contributed by atoms with Crippen LogP contribution in [0.15, 0.2) is 36.7 Å². The number of aromatic nitrogens is 2. The minimum absolute atomic E-state index is 0.0119. The molecule has 8 heteroatoms. The molecule has 1 atom stereocenters. The lowest BCUT2D eigenvalue weighted by Gasteiger charge is -2.24. The molecule has 0 saturated carbocycles. The van der Waals surface area contributed by atoms with Crippen LogP contribution in [0.25, 0.3) is 10.9 Å². The van der Waals surface area contributed by atoms with Crippen molar-refractivity contribution in [3.05, 3.63) is 47.2 Å². The summed E-state index contributed by atoms with van der Waals surface area (Å²) in [5, 5.41) is 8.16. The van der Waals surface area contributed by atoms with Crippen LogP contribution in [0.2, 0.25) is 5.02 Å². The van der Waals surface area contributed by atoms with Crippen LogP contribution in [-0.2, 0) is 4.74 Å². The quantitative estimate of drug-likeness (QED) is 0.586. The molecule has 1 saturated heterocycles. The van der Waals surface area contributed by atoms with Gasteiger partial charge in [0.05, 0.1) is 18.7 Å². The summed E-state index contributed by atoms with van der Waals surface area (Å²) < 4.78 is 17.6. The summed E-state index contributed by atoms with van der Waals surface area (Å²) in [5.41, 5.74) is 2.63. The molecule has 0 bridgehead atoms. The zero-order valence-corrected chi connectivity index (χ0v) is 17.8. The molecule has 2 N–H and O–H groups in total. The molecule has 2 aromatic carbocycles. The zero-order chi connectivity index (χ0) is 20.9. The smallest absolute Gasteiger partial charge is 0.163 e. The number of ether oxygens (including phenoxy) is 3. The average Bonchev–Trinajstić information content (AvgIpc) is 2.76. The first-order chi connectivity index (χ1) is 14.6. The first-order valence-corrected chi connectivity index (χ1v) is 10.4. The normalized spacial score (nSPS) is 16.4. The van der Waals surface area contributed by atoms with E-state index in [1.807, 2.05) is 44.2 Å². The minimum atomic E-state index is 0.0119. The monoisotopic (exact) mass is 428 g/mol. The molecule has 7 nitrogen and oxygen atoms in total. The van der Waals surface area contributed by atoms with Crippen molar-refractivity contribution in [1.29, 1.82) is 0 Å². The first kappa shape index (κ1) is 20.7. The third-order valence-corrected chi connectivity index (χ3v) is 5.27. The number of halogens is 1. The van der Waals surface area contributed by atoms with Crippen molar-refractivity contribution in [2.24, 2.45) is 0 Å². The number of hydrogen-bond acceptors (Lipinski definition) is 7. The Kier molecular flexibility index (Phi) is 6.52. The predicted molar refractivity (Wildman–Crippen MR) is 118 cm³/mol.